The van der Waals surface area contributed by atoms with E-state index in [1.165, 1.54) is 17.3 Å². The summed E-state index contributed by atoms with van der Waals surface area (Å²) in [4.78, 5) is 19.6. The summed E-state index contributed by atoms with van der Waals surface area (Å²) in [6.07, 6.45) is 5.40. The largest absolute Gasteiger partial charge is 0.497 e. The van der Waals surface area contributed by atoms with Gasteiger partial charge in [-0.2, -0.15) is 0 Å². The number of amides is 1. The molecule has 3 heterocycles. The van der Waals surface area contributed by atoms with Crippen molar-refractivity contribution in [3.05, 3.63) is 78.1 Å². The first-order valence-electron chi connectivity index (χ1n) is 12.1. The van der Waals surface area contributed by atoms with E-state index >= 15 is 0 Å². The van der Waals surface area contributed by atoms with E-state index in [9.17, 15) is 4.79 Å². The third-order valence-electron chi connectivity index (χ3n) is 6.38. The number of pyridine rings is 1. The number of anilines is 1. The molecule has 0 saturated carbocycles. The van der Waals surface area contributed by atoms with Gasteiger partial charge in [-0.05, 0) is 66.3 Å². The van der Waals surface area contributed by atoms with Gasteiger partial charge in [0.15, 0.2) is 11.0 Å². The number of hydrogen-bond acceptors (Lipinski definition) is 6. The van der Waals surface area contributed by atoms with E-state index in [4.69, 9.17) is 4.74 Å². The lowest BCUT2D eigenvalue weighted by Gasteiger charge is -2.29. The van der Waals surface area contributed by atoms with Crippen molar-refractivity contribution in [1.29, 1.82) is 0 Å². The number of aryl methyl sites for hydroxylation is 1. The molecule has 8 heteroatoms. The summed E-state index contributed by atoms with van der Waals surface area (Å²) >= 11 is 1.41. The van der Waals surface area contributed by atoms with E-state index in [0.717, 1.165) is 41.1 Å². The number of aromatic nitrogens is 4. The summed E-state index contributed by atoms with van der Waals surface area (Å²) < 4.78 is 7.43. The molecule has 2 aromatic heterocycles. The third kappa shape index (κ3) is 4.73. The number of fused-ring (bicyclic) bond motifs is 1. The minimum atomic E-state index is 0.0562. The first-order chi connectivity index (χ1) is 17.6. The second-order valence-electron chi connectivity index (χ2n) is 9.03. The first-order valence-corrected chi connectivity index (χ1v) is 13.1. The fourth-order valence-corrected chi connectivity index (χ4v) is 5.43. The number of thioether (sulfide) groups is 1. The molecule has 1 aliphatic rings. The van der Waals surface area contributed by atoms with E-state index in [-0.39, 0.29) is 11.7 Å². The van der Waals surface area contributed by atoms with Gasteiger partial charge >= 0.3 is 0 Å². The Morgan fingerprint density at radius 2 is 1.94 bits per heavy atom. The lowest BCUT2D eigenvalue weighted by Crippen LogP contribution is -2.36. The Balaban J connectivity index is 1.46. The second kappa shape index (κ2) is 10.5. The van der Waals surface area contributed by atoms with Gasteiger partial charge < -0.3 is 9.64 Å². The molecule has 4 aromatic rings. The molecule has 0 spiro atoms. The molecular formula is C28H29N5O2S. The van der Waals surface area contributed by atoms with Crippen molar-refractivity contribution < 1.29 is 9.53 Å². The lowest BCUT2D eigenvalue weighted by atomic mass is 10.0. The van der Waals surface area contributed by atoms with Gasteiger partial charge in [-0.3, -0.25) is 14.3 Å². The average molecular weight is 500 g/mol. The molecule has 0 radical (unpaired) electrons. The van der Waals surface area contributed by atoms with Crippen LogP contribution >= 0.6 is 11.8 Å². The van der Waals surface area contributed by atoms with Gasteiger partial charge in [0.25, 0.3) is 0 Å². The first kappa shape index (κ1) is 24.1. The number of carbonyl (C=O) groups is 1. The number of rotatable bonds is 7. The van der Waals surface area contributed by atoms with Crippen molar-refractivity contribution in [2.45, 2.75) is 37.8 Å². The van der Waals surface area contributed by atoms with Gasteiger partial charge in [-0.25, -0.2) is 0 Å². The monoisotopic (exact) mass is 499 g/mol. The zero-order chi connectivity index (χ0) is 25.1. The van der Waals surface area contributed by atoms with Crippen LogP contribution < -0.4 is 9.64 Å². The SMILES string of the molecule is COc1ccc2c(c1)CCCN2C(=O)CSc1nnc(-c2cccnc2)n1-c1ccccc1C(C)C. The van der Waals surface area contributed by atoms with E-state index < -0.39 is 0 Å². The Kier molecular flexibility index (Phi) is 7.04. The molecule has 7 nitrogen and oxygen atoms in total. The van der Waals surface area contributed by atoms with E-state index in [1.807, 2.05) is 47.4 Å². The predicted octanol–water partition coefficient (Wildman–Crippen LogP) is 5.53. The predicted molar refractivity (Wildman–Crippen MR) is 143 cm³/mol. The topological polar surface area (TPSA) is 73.1 Å². The molecule has 0 saturated heterocycles. The van der Waals surface area contributed by atoms with Crippen LogP contribution in [0, 0.1) is 0 Å². The van der Waals surface area contributed by atoms with Crippen molar-refractivity contribution in [2.24, 2.45) is 0 Å². The van der Waals surface area contributed by atoms with Crippen LogP contribution in [-0.2, 0) is 11.2 Å². The highest BCUT2D eigenvalue weighted by atomic mass is 32.2. The van der Waals surface area contributed by atoms with Crippen LogP contribution in [0.5, 0.6) is 5.75 Å². The van der Waals surface area contributed by atoms with Crippen LogP contribution in [0.3, 0.4) is 0 Å². The number of para-hydroxylation sites is 1. The minimum absolute atomic E-state index is 0.0562. The molecule has 0 aliphatic carbocycles. The number of hydrogen-bond donors (Lipinski definition) is 0. The van der Waals surface area contributed by atoms with Crippen molar-refractivity contribution in [1.82, 2.24) is 19.7 Å². The number of ether oxygens (including phenoxy) is 1. The summed E-state index contributed by atoms with van der Waals surface area (Å²) in [5, 5.41) is 9.72. The van der Waals surface area contributed by atoms with Crippen LogP contribution in [0.15, 0.2) is 72.1 Å². The molecule has 0 bridgehead atoms. The van der Waals surface area contributed by atoms with Gasteiger partial charge in [0.05, 0.1) is 18.6 Å². The Morgan fingerprint density at radius 3 is 2.72 bits per heavy atom. The Morgan fingerprint density at radius 1 is 1.08 bits per heavy atom. The Bertz CT molecular complexity index is 1370. The summed E-state index contributed by atoms with van der Waals surface area (Å²) in [5.74, 6) is 2.16. The van der Waals surface area contributed by atoms with Crippen LogP contribution in [0.25, 0.3) is 17.1 Å². The van der Waals surface area contributed by atoms with Gasteiger partial charge in [0.2, 0.25) is 5.91 Å². The van der Waals surface area contributed by atoms with Crippen LogP contribution in [0.4, 0.5) is 5.69 Å². The molecule has 36 heavy (non-hydrogen) atoms. The normalized spacial score (nSPS) is 13.1. The second-order valence-corrected chi connectivity index (χ2v) is 9.97. The standard InChI is InChI=1S/C28H29N5O2S/c1-19(2)23-10-4-5-11-25(23)33-27(21-8-6-14-29-17-21)30-31-28(33)36-18-26(34)32-15-7-9-20-16-22(35-3)12-13-24(20)32/h4-6,8,10-14,16-17,19H,7,9,15,18H2,1-3H3. The molecule has 2 aromatic carbocycles. The van der Waals surface area contributed by atoms with Crippen LogP contribution in [0.1, 0.15) is 37.3 Å². The summed E-state index contributed by atoms with van der Waals surface area (Å²) in [7, 11) is 1.66. The molecule has 1 amide bonds. The zero-order valence-corrected chi connectivity index (χ0v) is 21.5. The van der Waals surface area contributed by atoms with E-state index in [0.29, 0.717) is 23.4 Å². The Labute approximate surface area is 215 Å². The average Bonchev–Trinajstić information content (AvgIpc) is 3.35. The van der Waals surface area contributed by atoms with Gasteiger partial charge in [0, 0.05) is 30.2 Å². The third-order valence-corrected chi connectivity index (χ3v) is 7.30. The number of benzene rings is 2. The maximum Gasteiger partial charge on any atom is 0.237 e. The smallest absolute Gasteiger partial charge is 0.237 e. The lowest BCUT2D eigenvalue weighted by molar-refractivity contribution is -0.116. The van der Waals surface area contributed by atoms with Crippen LogP contribution in [-0.4, -0.2) is 45.1 Å². The van der Waals surface area contributed by atoms with Crippen molar-refractivity contribution in [3.8, 4) is 22.8 Å². The molecule has 0 atom stereocenters. The fourth-order valence-electron chi connectivity index (χ4n) is 4.61. The molecular weight excluding hydrogens is 470 g/mol. The van der Waals surface area contributed by atoms with E-state index in [1.54, 1.807) is 19.5 Å². The van der Waals surface area contributed by atoms with Crippen molar-refractivity contribution in [2.75, 3.05) is 24.3 Å². The van der Waals surface area contributed by atoms with E-state index in [2.05, 4.69) is 45.7 Å². The zero-order valence-electron chi connectivity index (χ0n) is 20.7. The van der Waals surface area contributed by atoms with Crippen LogP contribution in [0.2, 0.25) is 0 Å². The quantitative estimate of drug-likeness (QED) is 0.311. The molecule has 184 valence electrons. The highest BCUT2D eigenvalue weighted by Crippen LogP contribution is 2.34. The fraction of sp³-hybridized carbons (Fsp3) is 0.286. The number of nitrogens with zero attached hydrogens (tertiary/aromatic N) is 5. The molecule has 5 rings (SSSR count). The highest BCUT2D eigenvalue weighted by molar-refractivity contribution is 7.99. The number of carbonyl (C=O) groups excluding carboxylic acids is 1. The number of methoxy groups -OCH3 is 1. The molecule has 0 unspecified atom stereocenters. The molecule has 0 fully saturated rings. The maximum atomic E-state index is 13.4. The van der Waals surface area contributed by atoms with Gasteiger partial charge in [-0.1, -0.05) is 43.8 Å². The van der Waals surface area contributed by atoms with Gasteiger partial charge in [-0.15, -0.1) is 10.2 Å². The maximum absolute atomic E-state index is 13.4. The summed E-state index contributed by atoms with van der Waals surface area (Å²) in [6.45, 7) is 5.06. The Hall–Kier alpha value is -3.65. The summed E-state index contributed by atoms with van der Waals surface area (Å²) in [5.41, 5.74) is 5.19. The van der Waals surface area contributed by atoms with Gasteiger partial charge in [0.1, 0.15) is 5.75 Å². The van der Waals surface area contributed by atoms with Crippen molar-refractivity contribution in [3.63, 3.8) is 0 Å². The molecule has 0 N–H and O–H groups in total. The molecule has 1 aliphatic heterocycles. The minimum Gasteiger partial charge on any atom is -0.497 e. The van der Waals surface area contributed by atoms with Crippen molar-refractivity contribution >= 4 is 23.4 Å². The summed E-state index contributed by atoms with van der Waals surface area (Å²) in [6, 6.07) is 18.1. The highest BCUT2D eigenvalue weighted by Gasteiger charge is 2.25.